The Bertz CT molecular complexity index is 964. The maximum Gasteiger partial charge on any atom is 0.228 e. The average Bonchev–Trinajstić information content (AvgIpc) is 2.68. The highest BCUT2D eigenvalue weighted by Crippen LogP contribution is 2.25. The van der Waals surface area contributed by atoms with Crippen molar-refractivity contribution in [2.24, 2.45) is 5.92 Å². The number of fused-ring (bicyclic) bond motifs is 1. The SMILES string of the molecule is CN1CCC(C(=O)Nc2cc3cc(-c4cnc(N)nc4)ccc3cn2)CC1. The van der Waals surface area contributed by atoms with Gasteiger partial charge in [-0.3, -0.25) is 4.79 Å². The van der Waals surface area contributed by atoms with E-state index in [9.17, 15) is 4.79 Å². The normalized spacial score (nSPS) is 15.7. The van der Waals surface area contributed by atoms with Gasteiger partial charge in [-0.1, -0.05) is 12.1 Å². The number of pyridine rings is 1. The van der Waals surface area contributed by atoms with Crippen LogP contribution in [-0.4, -0.2) is 45.9 Å². The Hall–Kier alpha value is -3.06. The van der Waals surface area contributed by atoms with Gasteiger partial charge in [-0.2, -0.15) is 0 Å². The molecule has 1 fully saturated rings. The van der Waals surface area contributed by atoms with E-state index in [1.807, 2.05) is 24.3 Å². The standard InChI is InChI=1S/C20H22N6O/c1-26-6-4-13(5-7-26)19(27)25-18-9-16-8-14(2-3-15(16)10-22-18)17-11-23-20(21)24-12-17/h2-3,8-13H,4-7H2,1H3,(H2,21,23,24)(H,22,25,27). The quantitative estimate of drug-likeness (QED) is 0.743. The lowest BCUT2D eigenvalue weighted by Crippen LogP contribution is -2.36. The van der Waals surface area contributed by atoms with Gasteiger partial charge < -0.3 is 16.0 Å². The Labute approximate surface area is 157 Å². The van der Waals surface area contributed by atoms with E-state index in [0.29, 0.717) is 5.82 Å². The van der Waals surface area contributed by atoms with Crippen molar-refractivity contribution in [3.63, 3.8) is 0 Å². The Morgan fingerprint density at radius 2 is 1.78 bits per heavy atom. The van der Waals surface area contributed by atoms with Crippen LogP contribution in [0.3, 0.4) is 0 Å². The molecule has 1 saturated heterocycles. The lowest BCUT2D eigenvalue weighted by atomic mass is 9.96. The summed E-state index contributed by atoms with van der Waals surface area (Å²) in [4.78, 5) is 27.3. The number of piperidine rings is 1. The molecule has 0 atom stereocenters. The first kappa shape index (κ1) is 17.4. The molecule has 7 nitrogen and oxygen atoms in total. The van der Waals surface area contributed by atoms with Crippen molar-refractivity contribution >= 4 is 28.4 Å². The zero-order valence-electron chi connectivity index (χ0n) is 15.2. The van der Waals surface area contributed by atoms with Gasteiger partial charge >= 0.3 is 0 Å². The van der Waals surface area contributed by atoms with Crippen LogP contribution in [0, 0.1) is 5.92 Å². The second kappa shape index (κ2) is 7.28. The fraction of sp³-hybridized carbons (Fsp3) is 0.300. The smallest absolute Gasteiger partial charge is 0.228 e. The third kappa shape index (κ3) is 3.88. The molecule has 0 unspecified atom stereocenters. The number of amides is 1. The molecule has 0 saturated carbocycles. The molecule has 0 aliphatic carbocycles. The molecule has 1 aliphatic heterocycles. The molecule has 0 spiro atoms. The molecule has 7 heteroatoms. The number of benzene rings is 1. The minimum absolute atomic E-state index is 0.0527. The van der Waals surface area contributed by atoms with Crippen molar-refractivity contribution in [2.75, 3.05) is 31.2 Å². The van der Waals surface area contributed by atoms with Gasteiger partial charge in [-0.15, -0.1) is 0 Å². The summed E-state index contributed by atoms with van der Waals surface area (Å²) in [5.74, 6) is 0.940. The summed E-state index contributed by atoms with van der Waals surface area (Å²) in [6.45, 7) is 1.91. The first-order valence-electron chi connectivity index (χ1n) is 9.05. The monoisotopic (exact) mass is 362 g/mol. The van der Waals surface area contributed by atoms with Crippen LogP contribution in [0.4, 0.5) is 11.8 Å². The molecular weight excluding hydrogens is 340 g/mol. The minimum atomic E-state index is 0.0527. The van der Waals surface area contributed by atoms with Gasteiger partial charge in [-0.05, 0) is 56.1 Å². The van der Waals surface area contributed by atoms with Crippen molar-refractivity contribution < 1.29 is 4.79 Å². The van der Waals surface area contributed by atoms with Crippen LogP contribution in [0.15, 0.2) is 42.9 Å². The molecule has 1 amide bonds. The number of aromatic nitrogens is 3. The van der Waals surface area contributed by atoms with Gasteiger partial charge in [-0.25, -0.2) is 15.0 Å². The number of anilines is 2. The second-order valence-corrected chi connectivity index (χ2v) is 7.03. The summed E-state index contributed by atoms with van der Waals surface area (Å²) in [7, 11) is 2.09. The van der Waals surface area contributed by atoms with Gasteiger partial charge in [0.25, 0.3) is 0 Å². The molecule has 2 aromatic heterocycles. The highest BCUT2D eigenvalue weighted by molar-refractivity contribution is 5.95. The molecule has 1 aromatic carbocycles. The van der Waals surface area contributed by atoms with E-state index in [-0.39, 0.29) is 17.8 Å². The number of carbonyl (C=O) groups excluding carboxylic acids is 1. The topological polar surface area (TPSA) is 97.0 Å². The minimum Gasteiger partial charge on any atom is -0.368 e. The third-order valence-electron chi connectivity index (χ3n) is 5.07. The van der Waals surface area contributed by atoms with E-state index < -0.39 is 0 Å². The van der Waals surface area contributed by atoms with E-state index in [2.05, 4.69) is 32.2 Å². The van der Waals surface area contributed by atoms with Crippen molar-refractivity contribution in [3.8, 4) is 11.1 Å². The fourth-order valence-corrected chi connectivity index (χ4v) is 3.38. The highest BCUT2D eigenvalue weighted by Gasteiger charge is 2.23. The van der Waals surface area contributed by atoms with Crippen LogP contribution in [0.25, 0.3) is 21.9 Å². The summed E-state index contributed by atoms with van der Waals surface area (Å²) >= 11 is 0. The van der Waals surface area contributed by atoms with Gasteiger partial charge in [0.1, 0.15) is 5.82 Å². The Kier molecular flexibility index (Phi) is 4.68. The first-order chi connectivity index (χ1) is 13.1. The molecule has 3 aromatic rings. The number of nitrogens with one attached hydrogen (secondary N) is 1. The second-order valence-electron chi connectivity index (χ2n) is 7.03. The number of hydrogen-bond donors (Lipinski definition) is 2. The maximum absolute atomic E-state index is 12.5. The summed E-state index contributed by atoms with van der Waals surface area (Å²) in [5, 5.41) is 4.98. The fourth-order valence-electron chi connectivity index (χ4n) is 3.38. The predicted molar refractivity (Wildman–Crippen MR) is 106 cm³/mol. The van der Waals surface area contributed by atoms with Crippen molar-refractivity contribution in [3.05, 3.63) is 42.9 Å². The van der Waals surface area contributed by atoms with Crippen LogP contribution >= 0.6 is 0 Å². The molecule has 0 bridgehead atoms. The van der Waals surface area contributed by atoms with E-state index in [4.69, 9.17) is 5.73 Å². The maximum atomic E-state index is 12.5. The lowest BCUT2D eigenvalue weighted by molar-refractivity contribution is -0.121. The van der Waals surface area contributed by atoms with E-state index >= 15 is 0 Å². The number of carbonyl (C=O) groups is 1. The van der Waals surface area contributed by atoms with E-state index in [0.717, 1.165) is 47.8 Å². The average molecular weight is 362 g/mol. The van der Waals surface area contributed by atoms with Crippen LogP contribution < -0.4 is 11.1 Å². The van der Waals surface area contributed by atoms with Crippen LogP contribution in [-0.2, 0) is 4.79 Å². The van der Waals surface area contributed by atoms with Crippen LogP contribution in [0.5, 0.6) is 0 Å². The first-order valence-corrected chi connectivity index (χ1v) is 9.05. The summed E-state index contributed by atoms with van der Waals surface area (Å²) in [6.07, 6.45) is 6.96. The summed E-state index contributed by atoms with van der Waals surface area (Å²) < 4.78 is 0. The molecule has 4 rings (SSSR count). The zero-order chi connectivity index (χ0) is 18.8. The van der Waals surface area contributed by atoms with E-state index in [1.54, 1.807) is 18.6 Å². The van der Waals surface area contributed by atoms with Crippen molar-refractivity contribution in [2.45, 2.75) is 12.8 Å². The molecule has 3 N–H and O–H groups in total. The number of hydrogen-bond acceptors (Lipinski definition) is 6. The number of likely N-dealkylation sites (tertiary alicyclic amines) is 1. The molecule has 27 heavy (non-hydrogen) atoms. The number of nitrogens with two attached hydrogens (primary N) is 1. The number of nitrogens with zero attached hydrogens (tertiary/aromatic N) is 4. The Morgan fingerprint density at radius 3 is 2.52 bits per heavy atom. The van der Waals surface area contributed by atoms with Gasteiger partial charge in [0.15, 0.2) is 0 Å². The van der Waals surface area contributed by atoms with Crippen LogP contribution in [0.1, 0.15) is 12.8 Å². The molecule has 0 radical (unpaired) electrons. The molecule has 1 aliphatic rings. The summed E-state index contributed by atoms with van der Waals surface area (Å²) in [5.41, 5.74) is 7.43. The van der Waals surface area contributed by atoms with Crippen LogP contribution in [0.2, 0.25) is 0 Å². The Balaban J connectivity index is 1.55. The van der Waals surface area contributed by atoms with Crippen molar-refractivity contribution in [1.82, 2.24) is 19.9 Å². The van der Waals surface area contributed by atoms with Gasteiger partial charge in [0.2, 0.25) is 11.9 Å². The van der Waals surface area contributed by atoms with Gasteiger partial charge in [0, 0.05) is 35.5 Å². The number of rotatable bonds is 3. The molecule has 3 heterocycles. The molecular formula is C20H22N6O. The van der Waals surface area contributed by atoms with E-state index in [1.165, 1.54) is 0 Å². The highest BCUT2D eigenvalue weighted by atomic mass is 16.1. The third-order valence-corrected chi connectivity index (χ3v) is 5.07. The molecule has 138 valence electrons. The Morgan fingerprint density at radius 1 is 1.04 bits per heavy atom. The largest absolute Gasteiger partial charge is 0.368 e. The lowest BCUT2D eigenvalue weighted by Gasteiger charge is -2.27. The predicted octanol–water partition coefficient (Wildman–Crippen LogP) is 2.55. The number of nitrogen functional groups attached to an aromatic ring is 1. The zero-order valence-corrected chi connectivity index (χ0v) is 15.2. The van der Waals surface area contributed by atoms with Crippen molar-refractivity contribution in [1.29, 1.82) is 0 Å². The van der Waals surface area contributed by atoms with Gasteiger partial charge in [0.05, 0.1) is 0 Å². The summed E-state index contributed by atoms with van der Waals surface area (Å²) in [6, 6.07) is 7.94.